The molecule has 0 radical (unpaired) electrons. The Hall–Kier alpha value is -4.44. The number of thiophene rings is 2. The average Bonchev–Trinajstić information content (AvgIpc) is 3.88. The number of hydrogen-bond donors (Lipinski definition) is 5. The minimum atomic E-state index is -0.746. The lowest BCUT2D eigenvalue weighted by atomic mass is 10.0. The van der Waals surface area contributed by atoms with E-state index in [1.54, 1.807) is 28.9 Å². The number of aromatic nitrogens is 4. The molecule has 14 nitrogen and oxygen atoms in total. The number of aromatic amines is 2. The summed E-state index contributed by atoms with van der Waals surface area (Å²) in [5.41, 5.74) is 1.71. The highest BCUT2D eigenvalue weighted by Crippen LogP contribution is 2.42. The summed E-state index contributed by atoms with van der Waals surface area (Å²) in [6.07, 6.45) is 3.04. The summed E-state index contributed by atoms with van der Waals surface area (Å²) in [6.45, 7) is 12.0. The summed E-state index contributed by atoms with van der Waals surface area (Å²) in [6, 6.07) is 2.14. The number of methoxy groups -OCH3 is 2. The van der Waals surface area contributed by atoms with Crippen LogP contribution in [0.15, 0.2) is 24.5 Å². The Morgan fingerprint density at radius 3 is 1.96 bits per heavy atom. The van der Waals surface area contributed by atoms with Gasteiger partial charge in [-0.3, -0.25) is 9.59 Å². The van der Waals surface area contributed by atoms with Crippen LogP contribution in [0, 0.1) is 17.8 Å². The zero-order valence-electron chi connectivity index (χ0n) is 28.9. The molecular formula is C33H44N8O6S2. The Labute approximate surface area is 292 Å². The fourth-order valence-electron chi connectivity index (χ4n) is 5.93. The number of carbonyl (C=O) groups is 4. The number of H-pyrrole nitrogens is 2. The second-order valence-corrected chi connectivity index (χ2v) is 15.3. The molecule has 0 saturated carbocycles. The quantitative estimate of drug-likeness (QED) is 0.133. The van der Waals surface area contributed by atoms with Crippen molar-refractivity contribution in [3.63, 3.8) is 0 Å². The van der Waals surface area contributed by atoms with Gasteiger partial charge in [0.1, 0.15) is 23.7 Å². The van der Waals surface area contributed by atoms with E-state index in [1.165, 1.54) is 14.2 Å². The number of ether oxygens (including phenoxy) is 2. The van der Waals surface area contributed by atoms with Crippen molar-refractivity contribution < 1.29 is 28.7 Å². The molecule has 0 spiro atoms. The highest BCUT2D eigenvalue weighted by molar-refractivity contribution is 7.31. The number of hydrogen-bond acceptors (Lipinski definition) is 10. The predicted molar refractivity (Wildman–Crippen MR) is 188 cm³/mol. The molecule has 1 aliphatic heterocycles. The van der Waals surface area contributed by atoms with Crippen molar-refractivity contribution in [2.75, 3.05) is 20.8 Å². The van der Waals surface area contributed by atoms with Gasteiger partial charge in [-0.25, -0.2) is 19.6 Å². The van der Waals surface area contributed by atoms with Crippen molar-refractivity contribution >= 4 is 56.1 Å². The van der Waals surface area contributed by atoms with Crippen LogP contribution in [0.25, 0.3) is 30.5 Å². The molecule has 5 atom stereocenters. The molecule has 1 aliphatic rings. The fraction of sp³-hybridized carbons (Fsp3) is 0.515. The van der Waals surface area contributed by atoms with E-state index in [4.69, 9.17) is 9.72 Å². The first-order chi connectivity index (χ1) is 23.3. The molecule has 4 aromatic rings. The molecule has 1 saturated heterocycles. The van der Waals surface area contributed by atoms with Crippen LogP contribution in [0.5, 0.6) is 0 Å². The molecule has 264 valence electrons. The van der Waals surface area contributed by atoms with Crippen molar-refractivity contribution in [2.24, 2.45) is 17.8 Å². The number of carbonyl (C=O) groups excluding carboxylic acids is 4. The third kappa shape index (κ3) is 7.90. The lowest BCUT2D eigenvalue weighted by molar-refractivity contribution is -0.135. The number of amides is 4. The van der Waals surface area contributed by atoms with Crippen LogP contribution in [-0.2, 0) is 19.1 Å². The van der Waals surface area contributed by atoms with Gasteiger partial charge in [0.15, 0.2) is 0 Å². The summed E-state index contributed by atoms with van der Waals surface area (Å²) in [7, 11) is 2.54. The van der Waals surface area contributed by atoms with Crippen molar-refractivity contribution in [3.05, 3.63) is 36.2 Å². The molecular weight excluding hydrogens is 669 g/mol. The first-order valence-corrected chi connectivity index (χ1v) is 17.9. The van der Waals surface area contributed by atoms with Gasteiger partial charge in [-0.15, -0.1) is 22.7 Å². The Morgan fingerprint density at radius 1 is 0.837 bits per heavy atom. The SMILES string of the molecule is COC(=O)N[C@H](C(=O)N[C@@H](C)c1ncc(-c2cc3sc(-c4cnc([C@@H]5C[C@H](C)CN5C(=O)[C@@H](NC(=O)OC)C(C)C)[nH]4)cc3s2)[nH]1)C(C)C. The molecule has 1 fully saturated rings. The van der Waals surface area contributed by atoms with Crippen molar-refractivity contribution in [3.8, 4) is 21.1 Å². The van der Waals surface area contributed by atoms with Gasteiger partial charge in [-0.05, 0) is 43.2 Å². The van der Waals surface area contributed by atoms with Gasteiger partial charge >= 0.3 is 12.2 Å². The minimum absolute atomic E-state index is 0.115. The van der Waals surface area contributed by atoms with Gasteiger partial charge in [0, 0.05) is 15.9 Å². The maximum atomic E-state index is 13.6. The summed E-state index contributed by atoms with van der Waals surface area (Å²) >= 11 is 3.27. The zero-order chi connectivity index (χ0) is 35.6. The Bertz CT molecular complexity index is 1780. The van der Waals surface area contributed by atoms with Crippen LogP contribution in [0.2, 0.25) is 0 Å². The molecule has 4 amide bonds. The lowest BCUT2D eigenvalue weighted by Crippen LogP contribution is -2.51. The zero-order valence-corrected chi connectivity index (χ0v) is 30.5. The highest BCUT2D eigenvalue weighted by atomic mass is 32.1. The maximum absolute atomic E-state index is 13.6. The Balaban J connectivity index is 1.28. The van der Waals surface area contributed by atoms with Crippen LogP contribution >= 0.6 is 22.7 Å². The van der Waals surface area contributed by atoms with E-state index in [1.807, 2.05) is 45.7 Å². The van der Waals surface area contributed by atoms with Crippen LogP contribution in [0.3, 0.4) is 0 Å². The number of alkyl carbamates (subject to hydrolysis) is 2. The Kier molecular flexibility index (Phi) is 11.0. The molecule has 0 unspecified atom stereocenters. The van der Waals surface area contributed by atoms with Gasteiger partial charge in [-0.1, -0.05) is 34.6 Å². The van der Waals surface area contributed by atoms with Gasteiger partial charge < -0.3 is 40.3 Å². The van der Waals surface area contributed by atoms with Crippen molar-refractivity contribution in [1.82, 2.24) is 40.8 Å². The van der Waals surface area contributed by atoms with Gasteiger partial charge in [0.05, 0.1) is 59.8 Å². The highest BCUT2D eigenvalue weighted by Gasteiger charge is 2.40. The molecule has 0 aromatic carbocycles. The largest absolute Gasteiger partial charge is 0.453 e. The lowest BCUT2D eigenvalue weighted by Gasteiger charge is -2.30. The number of rotatable bonds is 11. The van der Waals surface area contributed by atoms with E-state index in [0.717, 1.165) is 42.8 Å². The number of likely N-dealkylation sites (tertiary alicyclic amines) is 1. The molecule has 4 aromatic heterocycles. The van der Waals surface area contributed by atoms with Gasteiger partial charge in [-0.2, -0.15) is 0 Å². The number of imidazole rings is 2. The summed E-state index contributed by atoms with van der Waals surface area (Å²) in [5.74, 6) is 0.872. The smallest absolute Gasteiger partial charge is 0.407 e. The fourth-order valence-corrected chi connectivity index (χ4v) is 8.26. The standard InChI is InChI=1S/C33H44N8O6S2/c1-15(2)26(39-32(44)46-7)30(42)36-18(6)28-34-12-19(37-28)22-10-24-25(48-22)11-23(49-24)20-13-35-29(38-20)21-9-17(5)14-41(21)31(43)27(16(3)4)40-33(45)47-8/h10-13,15-18,21,26-27H,9,14H2,1-8H3,(H,34,37)(H,35,38)(H,36,42)(H,39,44)(H,40,45)/t17-,18-,21-,26-,27-/m0/s1. The van der Waals surface area contributed by atoms with Crippen LogP contribution in [0.1, 0.15) is 71.7 Å². The maximum Gasteiger partial charge on any atom is 0.407 e. The first-order valence-electron chi connectivity index (χ1n) is 16.2. The van der Waals surface area contributed by atoms with E-state index >= 15 is 0 Å². The van der Waals surface area contributed by atoms with E-state index in [2.05, 4.69) is 54.7 Å². The third-order valence-corrected chi connectivity index (χ3v) is 11.0. The molecule has 16 heteroatoms. The molecule has 0 bridgehead atoms. The topological polar surface area (TPSA) is 183 Å². The molecule has 49 heavy (non-hydrogen) atoms. The van der Waals surface area contributed by atoms with Crippen LogP contribution in [0.4, 0.5) is 9.59 Å². The average molecular weight is 713 g/mol. The van der Waals surface area contributed by atoms with E-state index in [9.17, 15) is 19.2 Å². The third-order valence-electron chi connectivity index (χ3n) is 8.61. The second-order valence-electron chi connectivity index (χ2n) is 13.1. The Morgan fingerprint density at radius 2 is 1.39 bits per heavy atom. The second kappa shape index (κ2) is 15.0. The predicted octanol–water partition coefficient (Wildman–Crippen LogP) is 5.59. The van der Waals surface area contributed by atoms with Gasteiger partial charge in [0.25, 0.3) is 0 Å². The van der Waals surface area contributed by atoms with Gasteiger partial charge in [0.2, 0.25) is 11.8 Å². The molecule has 0 aliphatic carbocycles. The minimum Gasteiger partial charge on any atom is -0.453 e. The summed E-state index contributed by atoms with van der Waals surface area (Å²) in [5, 5.41) is 8.20. The van der Waals surface area contributed by atoms with E-state index < -0.39 is 30.3 Å². The molecule has 5 rings (SSSR count). The summed E-state index contributed by atoms with van der Waals surface area (Å²) < 4.78 is 11.6. The van der Waals surface area contributed by atoms with E-state index in [0.29, 0.717) is 12.4 Å². The molecule has 5 heterocycles. The normalized spacial score (nSPS) is 18.0. The monoisotopic (exact) mass is 712 g/mol. The number of nitrogens with zero attached hydrogens (tertiary/aromatic N) is 3. The number of fused-ring (bicyclic) bond motifs is 1. The number of nitrogens with one attached hydrogen (secondary N) is 5. The van der Waals surface area contributed by atoms with Crippen molar-refractivity contribution in [2.45, 2.75) is 72.1 Å². The first kappa shape index (κ1) is 35.9. The van der Waals surface area contributed by atoms with Crippen LogP contribution in [-0.4, -0.2) is 81.7 Å². The van der Waals surface area contributed by atoms with Crippen LogP contribution < -0.4 is 16.0 Å². The molecule has 5 N–H and O–H groups in total. The summed E-state index contributed by atoms with van der Waals surface area (Å²) in [4.78, 5) is 70.1. The van der Waals surface area contributed by atoms with E-state index in [-0.39, 0.29) is 35.6 Å². The van der Waals surface area contributed by atoms with Crippen molar-refractivity contribution in [1.29, 1.82) is 0 Å².